The van der Waals surface area contributed by atoms with Crippen molar-refractivity contribution in [1.29, 1.82) is 0 Å². The summed E-state index contributed by atoms with van der Waals surface area (Å²) in [6.45, 7) is 2.90. The molecule has 3 aromatic carbocycles. The second-order valence-corrected chi connectivity index (χ2v) is 10.5. The topological polar surface area (TPSA) is 96.0 Å². The molecule has 0 aromatic heterocycles. The molecule has 2 amide bonds. The Balaban J connectivity index is 2.06. The van der Waals surface area contributed by atoms with Crippen molar-refractivity contribution in [2.75, 3.05) is 25.0 Å². The number of halogens is 1. The van der Waals surface area contributed by atoms with Crippen molar-refractivity contribution < 1.29 is 27.1 Å². The number of amides is 2. The highest BCUT2D eigenvalue weighted by Gasteiger charge is 2.34. The van der Waals surface area contributed by atoms with Gasteiger partial charge in [-0.05, 0) is 55.3 Å². The Labute approximate surface area is 223 Å². The van der Waals surface area contributed by atoms with E-state index >= 15 is 0 Å². The molecule has 10 heteroatoms. The number of carbonyl (C=O) groups excluding carboxylic acids is 2. The Bertz CT molecular complexity index is 1360. The van der Waals surface area contributed by atoms with Gasteiger partial charge in [-0.15, -0.1) is 0 Å². The van der Waals surface area contributed by atoms with Crippen LogP contribution in [-0.2, 0) is 26.2 Å². The maximum Gasteiger partial charge on any atom is 0.264 e. The number of anilines is 1. The predicted molar refractivity (Wildman–Crippen MR) is 144 cm³/mol. The average Bonchev–Trinajstić information content (AvgIpc) is 2.92. The third-order valence-electron chi connectivity index (χ3n) is 6.15. The standard InChI is InChI=1S/C28H32FN3O5S/c1-5-25(28(34)30-3)31(18-21-12-14-22(37-4)15-13-21)27(33)19-32(26-9-7-6-8-24(26)29)38(35,36)23-16-10-20(2)11-17-23/h6-17,25H,5,18-19H2,1-4H3,(H,30,34)/t25-/m0/s1. The fourth-order valence-corrected chi connectivity index (χ4v) is 5.44. The zero-order valence-electron chi connectivity index (χ0n) is 21.8. The van der Waals surface area contributed by atoms with Crippen LogP contribution in [0.15, 0.2) is 77.7 Å². The summed E-state index contributed by atoms with van der Waals surface area (Å²) in [6, 6.07) is 17.5. The molecular weight excluding hydrogens is 509 g/mol. The minimum Gasteiger partial charge on any atom is -0.497 e. The van der Waals surface area contributed by atoms with Gasteiger partial charge in [0, 0.05) is 13.6 Å². The highest BCUT2D eigenvalue weighted by Crippen LogP contribution is 2.27. The van der Waals surface area contributed by atoms with E-state index in [0.717, 1.165) is 15.9 Å². The number of methoxy groups -OCH3 is 1. The second-order valence-electron chi connectivity index (χ2n) is 8.68. The van der Waals surface area contributed by atoms with E-state index in [1.807, 2.05) is 6.92 Å². The maximum atomic E-state index is 14.9. The van der Waals surface area contributed by atoms with Gasteiger partial charge in [0.25, 0.3) is 10.0 Å². The SMILES string of the molecule is CC[C@@H](C(=O)NC)N(Cc1ccc(OC)cc1)C(=O)CN(c1ccccc1F)S(=O)(=O)c1ccc(C)cc1. The van der Waals surface area contributed by atoms with Crippen LogP contribution in [0.1, 0.15) is 24.5 Å². The zero-order valence-corrected chi connectivity index (χ0v) is 22.7. The maximum absolute atomic E-state index is 14.9. The number of hydrogen-bond donors (Lipinski definition) is 1. The fourth-order valence-electron chi connectivity index (χ4n) is 4.02. The van der Waals surface area contributed by atoms with Crippen molar-refractivity contribution in [2.24, 2.45) is 0 Å². The normalized spacial score (nSPS) is 11.9. The number of rotatable bonds is 11. The summed E-state index contributed by atoms with van der Waals surface area (Å²) in [4.78, 5) is 27.8. The van der Waals surface area contributed by atoms with Gasteiger partial charge in [-0.2, -0.15) is 0 Å². The molecule has 0 heterocycles. The number of nitrogens with one attached hydrogen (secondary N) is 1. The third kappa shape index (κ3) is 6.49. The van der Waals surface area contributed by atoms with Crippen molar-refractivity contribution in [3.05, 3.63) is 89.7 Å². The summed E-state index contributed by atoms with van der Waals surface area (Å²) in [5.74, 6) is -1.22. The van der Waals surface area contributed by atoms with Crippen molar-refractivity contribution in [3.63, 3.8) is 0 Å². The van der Waals surface area contributed by atoms with Crippen molar-refractivity contribution in [1.82, 2.24) is 10.2 Å². The fraction of sp³-hybridized carbons (Fsp3) is 0.286. The van der Waals surface area contributed by atoms with Gasteiger partial charge in [-0.1, -0.05) is 48.9 Å². The number of benzene rings is 3. The first-order valence-electron chi connectivity index (χ1n) is 12.1. The summed E-state index contributed by atoms with van der Waals surface area (Å²) in [6.07, 6.45) is 0.284. The van der Waals surface area contributed by atoms with E-state index in [4.69, 9.17) is 4.74 Å². The molecule has 0 fully saturated rings. The molecule has 202 valence electrons. The number of ether oxygens (including phenoxy) is 1. The number of nitrogens with zero attached hydrogens (tertiary/aromatic N) is 2. The Morgan fingerprint density at radius 3 is 2.18 bits per heavy atom. The number of hydrogen-bond acceptors (Lipinski definition) is 5. The molecule has 0 bridgehead atoms. The van der Waals surface area contributed by atoms with Crippen molar-refractivity contribution in [3.8, 4) is 5.75 Å². The molecule has 3 aromatic rings. The van der Waals surface area contributed by atoms with E-state index in [-0.39, 0.29) is 23.5 Å². The lowest BCUT2D eigenvalue weighted by molar-refractivity contribution is -0.140. The Morgan fingerprint density at radius 2 is 1.63 bits per heavy atom. The van der Waals surface area contributed by atoms with Gasteiger partial charge < -0.3 is 15.0 Å². The van der Waals surface area contributed by atoms with Crippen LogP contribution >= 0.6 is 0 Å². The van der Waals surface area contributed by atoms with Gasteiger partial charge in [0.1, 0.15) is 24.2 Å². The molecule has 0 saturated heterocycles. The van der Waals surface area contributed by atoms with E-state index < -0.39 is 40.2 Å². The summed E-state index contributed by atoms with van der Waals surface area (Å²) in [5.41, 5.74) is 1.29. The third-order valence-corrected chi connectivity index (χ3v) is 7.93. The van der Waals surface area contributed by atoms with Crippen LogP contribution in [0.2, 0.25) is 0 Å². The van der Waals surface area contributed by atoms with Gasteiger partial charge >= 0.3 is 0 Å². The van der Waals surface area contributed by atoms with Gasteiger partial charge in [0.05, 0.1) is 17.7 Å². The Kier molecular flexibility index (Phi) is 9.46. The minimum absolute atomic E-state index is 0.0322. The van der Waals surface area contributed by atoms with E-state index in [2.05, 4.69) is 5.32 Å². The van der Waals surface area contributed by atoms with Crippen molar-refractivity contribution >= 4 is 27.5 Å². The van der Waals surface area contributed by atoms with E-state index in [0.29, 0.717) is 11.3 Å². The van der Waals surface area contributed by atoms with Crippen LogP contribution in [0.25, 0.3) is 0 Å². The molecule has 1 N–H and O–H groups in total. The quantitative estimate of drug-likeness (QED) is 0.397. The van der Waals surface area contributed by atoms with Crippen LogP contribution in [0.3, 0.4) is 0 Å². The molecule has 0 unspecified atom stereocenters. The largest absolute Gasteiger partial charge is 0.497 e. The van der Waals surface area contributed by atoms with Gasteiger partial charge in [-0.25, -0.2) is 12.8 Å². The van der Waals surface area contributed by atoms with Crippen LogP contribution in [0, 0.1) is 12.7 Å². The molecule has 0 aliphatic heterocycles. The molecule has 1 atom stereocenters. The molecule has 38 heavy (non-hydrogen) atoms. The van der Waals surface area contributed by atoms with E-state index in [1.54, 1.807) is 43.3 Å². The van der Waals surface area contributed by atoms with Crippen LogP contribution in [-0.4, -0.2) is 51.9 Å². The lowest BCUT2D eigenvalue weighted by Gasteiger charge is -2.33. The first-order chi connectivity index (χ1) is 18.1. The van der Waals surface area contributed by atoms with E-state index in [1.165, 1.54) is 49.4 Å². The van der Waals surface area contributed by atoms with Gasteiger partial charge in [0.15, 0.2) is 0 Å². The number of aryl methyl sites for hydroxylation is 1. The summed E-state index contributed by atoms with van der Waals surface area (Å²) in [7, 11) is -1.33. The lowest BCUT2D eigenvalue weighted by atomic mass is 10.1. The van der Waals surface area contributed by atoms with Crippen LogP contribution < -0.4 is 14.4 Å². The molecule has 0 radical (unpaired) electrons. The number of likely N-dealkylation sites (N-methyl/N-ethyl adjacent to an activating group) is 1. The molecule has 8 nitrogen and oxygen atoms in total. The monoisotopic (exact) mass is 541 g/mol. The second kappa shape index (κ2) is 12.6. The summed E-state index contributed by atoms with van der Waals surface area (Å²) >= 11 is 0. The summed E-state index contributed by atoms with van der Waals surface area (Å²) in [5, 5.41) is 2.57. The first-order valence-corrected chi connectivity index (χ1v) is 13.5. The molecule has 3 rings (SSSR count). The van der Waals surface area contributed by atoms with Crippen LogP contribution in [0.5, 0.6) is 5.75 Å². The first kappa shape index (κ1) is 28.6. The molecule has 0 spiro atoms. The van der Waals surface area contributed by atoms with E-state index in [9.17, 15) is 22.4 Å². The molecule has 0 saturated carbocycles. The Morgan fingerprint density at radius 1 is 1.00 bits per heavy atom. The number of sulfonamides is 1. The summed E-state index contributed by atoms with van der Waals surface area (Å²) < 4.78 is 48.3. The highest BCUT2D eigenvalue weighted by molar-refractivity contribution is 7.92. The number of para-hydroxylation sites is 1. The molecular formula is C28H32FN3O5S. The highest BCUT2D eigenvalue weighted by atomic mass is 32.2. The smallest absolute Gasteiger partial charge is 0.264 e. The Hall–Kier alpha value is -3.92. The predicted octanol–water partition coefficient (Wildman–Crippen LogP) is 3.89. The number of carbonyl (C=O) groups is 2. The van der Waals surface area contributed by atoms with Crippen LogP contribution in [0.4, 0.5) is 10.1 Å². The average molecular weight is 542 g/mol. The van der Waals surface area contributed by atoms with Crippen molar-refractivity contribution in [2.45, 2.75) is 37.8 Å². The lowest BCUT2D eigenvalue weighted by Crippen LogP contribution is -2.51. The molecule has 0 aliphatic rings. The minimum atomic E-state index is -4.33. The van der Waals surface area contributed by atoms with Gasteiger partial charge in [-0.3, -0.25) is 13.9 Å². The molecule has 0 aliphatic carbocycles. The zero-order chi connectivity index (χ0) is 27.9. The van der Waals surface area contributed by atoms with Gasteiger partial charge in [0.2, 0.25) is 11.8 Å².